The molecular weight excluding hydrogens is 256 g/mol. The molecule has 0 bridgehead atoms. The van der Waals surface area contributed by atoms with Gasteiger partial charge in [0.05, 0.1) is 6.04 Å². The summed E-state index contributed by atoms with van der Waals surface area (Å²) >= 11 is 3.38. The van der Waals surface area contributed by atoms with E-state index >= 15 is 0 Å². The summed E-state index contributed by atoms with van der Waals surface area (Å²) in [7, 11) is 0. The van der Waals surface area contributed by atoms with E-state index < -0.39 is 0 Å². The van der Waals surface area contributed by atoms with Crippen molar-refractivity contribution in [3.63, 3.8) is 0 Å². The molecule has 2 rings (SSSR count). The Labute approximate surface area is 97.2 Å². The first kappa shape index (κ1) is 10.6. The molecule has 1 saturated heterocycles. The summed E-state index contributed by atoms with van der Waals surface area (Å²) in [6.07, 6.45) is 1.29. The Kier molecular flexibility index (Phi) is 3.07. The topological polar surface area (TPSA) is 55.1 Å². The standard InChI is InChI=1S/C11H13BrN2O/c12-8-3-1-7(2-4-8)11-9(13)5-6-10(15)14-11/h1-4,9,11H,5-6,13H2,(H,14,15)/t9-,11-/m0/s1. The van der Waals surface area contributed by atoms with Gasteiger partial charge in [0.25, 0.3) is 0 Å². The highest BCUT2D eigenvalue weighted by molar-refractivity contribution is 9.10. The number of piperidine rings is 1. The fourth-order valence-electron chi connectivity index (χ4n) is 1.82. The van der Waals surface area contributed by atoms with E-state index in [-0.39, 0.29) is 18.0 Å². The smallest absolute Gasteiger partial charge is 0.220 e. The maximum absolute atomic E-state index is 11.3. The van der Waals surface area contributed by atoms with Crippen LogP contribution < -0.4 is 11.1 Å². The molecule has 3 nitrogen and oxygen atoms in total. The van der Waals surface area contributed by atoms with Crippen molar-refractivity contribution in [3.8, 4) is 0 Å². The van der Waals surface area contributed by atoms with E-state index in [1.54, 1.807) is 0 Å². The van der Waals surface area contributed by atoms with Crippen LogP contribution >= 0.6 is 15.9 Å². The SMILES string of the molecule is N[C@H]1CCC(=O)N[C@H]1c1ccc(Br)cc1. The van der Waals surface area contributed by atoms with Crippen LogP contribution in [0, 0.1) is 0 Å². The molecule has 15 heavy (non-hydrogen) atoms. The number of benzene rings is 1. The van der Waals surface area contributed by atoms with Crippen LogP contribution in [0.1, 0.15) is 24.4 Å². The minimum absolute atomic E-state index is 0.0175. The van der Waals surface area contributed by atoms with E-state index in [9.17, 15) is 4.79 Å². The number of hydrogen-bond acceptors (Lipinski definition) is 2. The van der Waals surface area contributed by atoms with Crippen molar-refractivity contribution in [1.82, 2.24) is 5.32 Å². The predicted octanol–water partition coefficient (Wildman–Crippen LogP) is 1.73. The number of carbonyl (C=O) groups is 1. The average Bonchev–Trinajstić information content (AvgIpc) is 2.23. The highest BCUT2D eigenvalue weighted by atomic mass is 79.9. The van der Waals surface area contributed by atoms with Crippen molar-refractivity contribution in [1.29, 1.82) is 0 Å². The lowest BCUT2D eigenvalue weighted by molar-refractivity contribution is -0.123. The fourth-order valence-corrected chi connectivity index (χ4v) is 2.08. The van der Waals surface area contributed by atoms with E-state index in [4.69, 9.17) is 5.73 Å². The molecule has 2 atom stereocenters. The van der Waals surface area contributed by atoms with Crippen molar-refractivity contribution in [2.75, 3.05) is 0 Å². The van der Waals surface area contributed by atoms with Gasteiger partial charge < -0.3 is 11.1 Å². The largest absolute Gasteiger partial charge is 0.348 e. The van der Waals surface area contributed by atoms with Crippen LogP contribution in [0.3, 0.4) is 0 Å². The highest BCUT2D eigenvalue weighted by Gasteiger charge is 2.26. The van der Waals surface area contributed by atoms with Gasteiger partial charge in [-0.15, -0.1) is 0 Å². The molecule has 0 aromatic heterocycles. The third-order valence-electron chi connectivity index (χ3n) is 2.68. The van der Waals surface area contributed by atoms with E-state index in [0.717, 1.165) is 16.5 Å². The van der Waals surface area contributed by atoms with Gasteiger partial charge in [0.15, 0.2) is 0 Å². The molecule has 1 heterocycles. The average molecular weight is 269 g/mol. The molecule has 1 amide bonds. The molecule has 4 heteroatoms. The lowest BCUT2D eigenvalue weighted by atomic mass is 9.93. The van der Waals surface area contributed by atoms with E-state index in [0.29, 0.717) is 6.42 Å². The van der Waals surface area contributed by atoms with Gasteiger partial charge in [-0.05, 0) is 24.1 Å². The van der Waals surface area contributed by atoms with Crippen molar-refractivity contribution < 1.29 is 4.79 Å². The predicted molar refractivity (Wildman–Crippen MR) is 62.2 cm³/mol. The fraction of sp³-hybridized carbons (Fsp3) is 0.364. The number of amides is 1. The maximum atomic E-state index is 11.3. The Balaban J connectivity index is 2.21. The minimum atomic E-state index is -0.0423. The summed E-state index contributed by atoms with van der Waals surface area (Å²) in [4.78, 5) is 11.3. The lowest BCUT2D eigenvalue weighted by Gasteiger charge is -2.29. The first-order valence-electron chi connectivity index (χ1n) is 4.97. The van der Waals surface area contributed by atoms with Crippen LogP contribution in [0.25, 0.3) is 0 Å². The van der Waals surface area contributed by atoms with Gasteiger partial charge in [-0.25, -0.2) is 0 Å². The van der Waals surface area contributed by atoms with Crippen LogP contribution in [-0.4, -0.2) is 11.9 Å². The Morgan fingerprint density at radius 1 is 1.33 bits per heavy atom. The number of halogens is 1. The molecule has 1 aromatic carbocycles. The monoisotopic (exact) mass is 268 g/mol. The molecule has 1 aromatic rings. The third-order valence-corrected chi connectivity index (χ3v) is 3.21. The molecule has 0 unspecified atom stereocenters. The van der Waals surface area contributed by atoms with Crippen LogP contribution in [0.4, 0.5) is 0 Å². The van der Waals surface area contributed by atoms with E-state index in [2.05, 4.69) is 21.2 Å². The molecule has 3 N–H and O–H groups in total. The number of carbonyl (C=O) groups excluding carboxylic acids is 1. The first-order chi connectivity index (χ1) is 7.16. The van der Waals surface area contributed by atoms with Crippen LogP contribution in [-0.2, 0) is 4.79 Å². The molecular formula is C11H13BrN2O. The molecule has 0 aliphatic carbocycles. The quantitative estimate of drug-likeness (QED) is 0.815. The van der Waals surface area contributed by atoms with E-state index in [1.165, 1.54) is 0 Å². The molecule has 0 spiro atoms. The van der Waals surface area contributed by atoms with Crippen LogP contribution in [0.15, 0.2) is 28.7 Å². The zero-order chi connectivity index (χ0) is 10.8. The van der Waals surface area contributed by atoms with Gasteiger partial charge >= 0.3 is 0 Å². The summed E-state index contributed by atoms with van der Waals surface area (Å²) in [5, 5.41) is 2.92. The Morgan fingerprint density at radius 2 is 2.00 bits per heavy atom. The summed E-state index contributed by atoms with van der Waals surface area (Å²) in [6.45, 7) is 0. The zero-order valence-corrected chi connectivity index (χ0v) is 9.83. The molecule has 1 fully saturated rings. The van der Waals surface area contributed by atoms with Gasteiger partial charge in [0, 0.05) is 16.9 Å². The summed E-state index contributed by atoms with van der Waals surface area (Å²) < 4.78 is 1.03. The molecule has 0 saturated carbocycles. The number of hydrogen-bond donors (Lipinski definition) is 2. The second kappa shape index (κ2) is 4.33. The zero-order valence-electron chi connectivity index (χ0n) is 8.24. The van der Waals surface area contributed by atoms with Gasteiger partial charge in [0.2, 0.25) is 5.91 Å². The third kappa shape index (κ3) is 2.38. The number of nitrogens with one attached hydrogen (secondary N) is 1. The number of rotatable bonds is 1. The molecule has 0 radical (unpaired) electrons. The van der Waals surface area contributed by atoms with Gasteiger partial charge in [-0.1, -0.05) is 28.1 Å². The van der Waals surface area contributed by atoms with Gasteiger partial charge in [-0.2, -0.15) is 0 Å². The lowest BCUT2D eigenvalue weighted by Crippen LogP contribution is -2.45. The van der Waals surface area contributed by atoms with Crippen molar-refractivity contribution in [2.45, 2.75) is 24.9 Å². The van der Waals surface area contributed by atoms with Crippen LogP contribution in [0.5, 0.6) is 0 Å². The second-order valence-corrected chi connectivity index (χ2v) is 4.71. The Hall–Kier alpha value is -0.870. The van der Waals surface area contributed by atoms with Crippen LogP contribution in [0.2, 0.25) is 0 Å². The second-order valence-electron chi connectivity index (χ2n) is 3.80. The van der Waals surface area contributed by atoms with E-state index in [1.807, 2.05) is 24.3 Å². The maximum Gasteiger partial charge on any atom is 0.220 e. The molecule has 1 aliphatic rings. The number of nitrogens with two attached hydrogens (primary N) is 1. The van der Waals surface area contributed by atoms with Crippen molar-refractivity contribution in [3.05, 3.63) is 34.3 Å². The summed E-state index contributed by atoms with van der Waals surface area (Å²) in [5.41, 5.74) is 7.05. The highest BCUT2D eigenvalue weighted by Crippen LogP contribution is 2.23. The Morgan fingerprint density at radius 3 is 2.67 bits per heavy atom. The van der Waals surface area contributed by atoms with Gasteiger partial charge in [0.1, 0.15) is 0 Å². The summed E-state index contributed by atoms with van der Waals surface area (Å²) in [5.74, 6) is 0.0876. The first-order valence-corrected chi connectivity index (χ1v) is 5.76. The summed E-state index contributed by atoms with van der Waals surface area (Å²) in [6, 6.07) is 7.87. The van der Waals surface area contributed by atoms with Crippen molar-refractivity contribution in [2.24, 2.45) is 5.73 Å². The molecule has 1 aliphatic heterocycles. The normalized spacial score (nSPS) is 26.1. The minimum Gasteiger partial charge on any atom is -0.348 e. The van der Waals surface area contributed by atoms with Gasteiger partial charge in [-0.3, -0.25) is 4.79 Å². The molecule has 80 valence electrons. The Bertz CT molecular complexity index is 363. The van der Waals surface area contributed by atoms with Crippen molar-refractivity contribution >= 4 is 21.8 Å².